The summed E-state index contributed by atoms with van der Waals surface area (Å²) in [5, 5.41) is 3.02. The first-order valence-corrected chi connectivity index (χ1v) is 8.32. The average Bonchev–Trinajstić information content (AvgIpc) is 2.66. The highest BCUT2D eigenvalue weighted by atomic mass is 16.5. The molecule has 6 nitrogen and oxygen atoms in total. The third kappa shape index (κ3) is 3.68. The van der Waals surface area contributed by atoms with Crippen molar-refractivity contribution in [2.75, 3.05) is 20.8 Å². The Labute approximate surface area is 147 Å². The predicted octanol–water partition coefficient (Wildman–Crippen LogP) is 2.93. The molecule has 1 aromatic carbocycles. The van der Waals surface area contributed by atoms with E-state index in [-0.39, 0.29) is 12.1 Å². The number of benzene rings is 1. The van der Waals surface area contributed by atoms with E-state index in [0.717, 1.165) is 23.4 Å². The highest BCUT2D eigenvalue weighted by molar-refractivity contribution is 5.75. The van der Waals surface area contributed by atoms with E-state index in [0.29, 0.717) is 18.8 Å². The van der Waals surface area contributed by atoms with Crippen LogP contribution >= 0.6 is 0 Å². The number of urea groups is 1. The lowest BCUT2D eigenvalue weighted by atomic mass is 9.99. The van der Waals surface area contributed by atoms with Gasteiger partial charge < -0.3 is 19.7 Å². The first kappa shape index (κ1) is 17.1. The standard InChI is InChI=1S/C19H23N3O3/c1-13(16-6-4-5-8-20-16)21-19(23)22-9-7-14-10-17(24-2)18(25-3)11-15(14)12-22/h4-6,8,10-11,13H,7,9,12H2,1-3H3,(H,21,23). The maximum absolute atomic E-state index is 12.6. The third-order valence-corrected chi connectivity index (χ3v) is 4.48. The first-order chi connectivity index (χ1) is 12.1. The lowest BCUT2D eigenvalue weighted by Gasteiger charge is -2.30. The van der Waals surface area contributed by atoms with Crippen LogP contribution in [0, 0.1) is 0 Å². The molecular formula is C19H23N3O3. The highest BCUT2D eigenvalue weighted by Gasteiger charge is 2.24. The average molecular weight is 341 g/mol. The molecule has 1 aliphatic heterocycles. The summed E-state index contributed by atoms with van der Waals surface area (Å²) in [5.41, 5.74) is 3.13. The second-order valence-electron chi connectivity index (χ2n) is 6.07. The van der Waals surface area contributed by atoms with Crippen LogP contribution in [0.2, 0.25) is 0 Å². The molecule has 0 saturated heterocycles. The van der Waals surface area contributed by atoms with Gasteiger partial charge in [-0.15, -0.1) is 0 Å². The summed E-state index contributed by atoms with van der Waals surface area (Å²) in [6, 6.07) is 9.42. The van der Waals surface area contributed by atoms with Crippen LogP contribution in [-0.2, 0) is 13.0 Å². The van der Waals surface area contributed by atoms with Crippen LogP contribution in [0.4, 0.5) is 4.79 Å². The minimum atomic E-state index is -0.138. The summed E-state index contributed by atoms with van der Waals surface area (Å²) in [4.78, 5) is 18.7. The Hall–Kier alpha value is -2.76. The number of methoxy groups -OCH3 is 2. The van der Waals surface area contributed by atoms with Crippen LogP contribution in [0.15, 0.2) is 36.5 Å². The SMILES string of the molecule is COc1cc2c(cc1OC)CN(C(=O)NC(C)c1ccccn1)CC2. The van der Waals surface area contributed by atoms with Crippen molar-refractivity contribution < 1.29 is 14.3 Å². The molecule has 0 saturated carbocycles. The molecule has 0 spiro atoms. The van der Waals surface area contributed by atoms with Crippen LogP contribution in [0.3, 0.4) is 0 Å². The van der Waals surface area contributed by atoms with E-state index < -0.39 is 0 Å². The zero-order chi connectivity index (χ0) is 17.8. The minimum Gasteiger partial charge on any atom is -0.493 e. The third-order valence-electron chi connectivity index (χ3n) is 4.48. The Balaban J connectivity index is 1.70. The van der Waals surface area contributed by atoms with Gasteiger partial charge in [-0.2, -0.15) is 0 Å². The van der Waals surface area contributed by atoms with Gasteiger partial charge in [0.25, 0.3) is 0 Å². The maximum Gasteiger partial charge on any atom is 0.318 e. The van der Waals surface area contributed by atoms with Gasteiger partial charge in [-0.3, -0.25) is 4.98 Å². The summed E-state index contributed by atoms with van der Waals surface area (Å²) in [5.74, 6) is 1.41. The van der Waals surface area contributed by atoms with Gasteiger partial charge in [-0.25, -0.2) is 4.79 Å². The van der Waals surface area contributed by atoms with Crippen molar-refractivity contribution >= 4 is 6.03 Å². The van der Waals surface area contributed by atoms with E-state index in [9.17, 15) is 4.79 Å². The second-order valence-corrected chi connectivity index (χ2v) is 6.07. The van der Waals surface area contributed by atoms with Crippen molar-refractivity contribution in [1.29, 1.82) is 0 Å². The van der Waals surface area contributed by atoms with E-state index in [1.807, 2.05) is 42.2 Å². The molecule has 1 unspecified atom stereocenters. The zero-order valence-electron chi connectivity index (χ0n) is 14.8. The smallest absolute Gasteiger partial charge is 0.318 e. The van der Waals surface area contributed by atoms with Gasteiger partial charge in [0.2, 0.25) is 0 Å². The minimum absolute atomic E-state index is 0.0846. The molecule has 0 fully saturated rings. The number of ether oxygens (including phenoxy) is 2. The predicted molar refractivity (Wildman–Crippen MR) is 94.8 cm³/mol. The number of rotatable bonds is 4. The van der Waals surface area contributed by atoms with Crippen molar-refractivity contribution in [1.82, 2.24) is 15.2 Å². The summed E-state index contributed by atoms with van der Waals surface area (Å²) >= 11 is 0. The largest absolute Gasteiger partial charge is 0.493 e. The molecule has 3 rings (SSSR count). The second kappa shape index (κ2) is 7.42. The molecule has 25 heavy (non-hydrogen) atoms. The number of aromatic nitrogens is 1. The molecule has 6 heteroatoms. The maximum atomic E-state index is 12.6. The Bertz CT molecular complexity index is 749. The van der Waals surface area contributed by atoms with Gasteiger partial charge in [0.1, 0.15) is 0 Å². The molecule has 0 bridgehead atoms. The van der Waals surface area contributed by atoms with E-state index in [2.05, 4.69) is 10.3 Å². The summed E-state index contributed by atoms with van der Waals surface area (Å²) in [7, 11) is 3.25. The molecule has 132 valence electrons. The Morgan fingerprint density at radius 3 is 2.56 bits per heavy atom. The number of pyridine rings is 1. The van der Waals surface area contributed by atoms with Crippen LogP contribution in [0.1, 0.15) is 29.8 Å². The number of carbonyl (C=O) groups is 1. The van der Waals surface area contributed by atoms with E-state index in [1.54, 1.807) is 20.4 Å². The van der Waals surface area contributed by atoms with E-state index >= 15 is 0 Å². The van der Waals surface area contributed by atoms with Gasteiger partial charge in [0, 0.05) is 19.3 Å². The molecule has 1 aliphatic rings. The monoisotopic (exact) mass is 341 g/mol. The topological polar surface area (TPSA) is 63.7 Å². The van der Waals surface area contributed by atoms with Crippen LogP contribution in [0.25, 0.3) is 0 Å². The number of carbonyl (C=O) groups excluding carboxylic acids is 1. The lowest BCUT2D eigenvalue weighted by Crippen LogP contribution is -2.43. The Kier molecular flexibility index (Phi) is 5.07. The van der Waals surface area contributed by atoms with Gasteiger partial charge in [0.05, 0.1) is 26.0 Å². The van der Waals surface area contributed by atoms with Gasteiger partial charge in [-0.1, -0.05) is 6.07 Å². The number of nitrogens with one attached hydrogen (secondary N) is 1. The molecule has 2 aromatic rings. The first-order valence-electron chi connectivity index (χ1n) is 8.32. The molecular weight excluding hydrogens is 318 g/mol. The van der Waals surface area contributed by atoms with Crippen molar-refractivity contribution in [2.24, 2.45) is 0 Å². The molecule has 1 atom stereocenters. The highest BCUT2D eigenvalue weighted by Crippen LogP contribution is 2.33. The molecule has 0 radical (unpaired) electrons. The fourth-order valence-electron chi connectivity index (χ4n) is 3.04. The molecule has 0 aliphatic carbocycles. The Morgan fingerprint density at radius 1 is 1.20 bits per heavy atom. The molecule has 2 heterocycles. The van der Waals surface area contributed by atoms with Gasteiger partial charge in [0.15, 0.2) is 11.5 Å². The molecule has 1 aromatic heterocycles. The number of amides is 2. The zero-order valence-corrected chi connectivity index (χ0v) is 14.8. The van der Waals surface area contributed by atoms with Crippen LogP contribution in [-0.4, -0.2) is 36.7 Å². The van der Waals surface area contributed by atoms with Crippen molar-refractivity contribution in [3.63, 3.8) is 0 Å². The summed E-state index contributed by atoms with van der Waals surface area (Å²) in [6.07, 6.45) is 2.52. The summed E-state index contributed by atoms with van der Waals surface area (Å²) < 4.78 is 10.7. The van der Waals surface area contributed by atoms with Crippen molar-refractivity contribution in [3.05, 3.63) is 53.3 Å². The number of fused-ring (bicyclic) bond motifs is 1. The number of hydrogen-bond acceptors (Lipinski definition) is 4. The van der Waals surface area contributed by atoms with Gasteiger partial charge in [-0.05, 0) is 48.7 Å². The number of nitrogens with zero attached hydrogens (tertiary/aromatic N) is 2. The van der Waals surface area contributed by atoms with Crippen LogP contribution < -0.4 is 14.8 Å². The van der Waals surface area contributed by atoms with Crippen LogP contribution in [0.5, 0.6) is 11.5 Å². The molecule has 1 N–H and O–H groups in total. The van der Waals surface area contributed by atoms with Crippen molar-refractivity contribution in [2.45, 2.75) is 25.9 Å². The van der Waals surface area contributed by atoms with Gasteiger partial charge >= 0.3 is 6.03 Å². The Morgan fingerprint density at radius 2 is 1.92 bits per heavy atom. The fourth-order valence-corrected chi connectivity index (χ4v) is 3.04. The number of hydrogen-bond donors (Lipinski definition) is 1. The summed E-state index contributed by atoms with van der Waals surface area (Å²) in [6.45, 7) is 3.16. The molecule has 2 amide bonds. The quantitative estimate of drug-likeness (QED) is 0.929. The van der Waals surface area contributed by atoms with E-state index in [1.165, 1.54) is 5.56 Å². The normalized spacial score (nSPS) is 14.4. The van der Waals surface area contributed by atoms with Crippen molar-refractivity contribution in [3.8, 4) is 11.5 Å². The van der Waals surface area contributed by atoms with E-state index in [4.69, 9.17) is 9.47 Å². The lowest BCUT2D eigenvalue weighted by molar-refractivity contribution is 0.188. The fraction of sp³-hybridized carbons (Fsp3) is 0.368.